The maximum Gasteiger partial charge on any atom is 0.0883 e. The van der Waals surface area contributed by atoms with Crippen LogP contribution in [0.15, 0.2) is 46.9 Å². The third-order valence-corrected chi connectivity index (χ3v) is 4.67. The van der Waals surface area contributed by atoms with Crippen LogP contribution in [0.3, 0.4) is 0 Å². The van der Waals surface area contributed by atoms with E-state index >= 15 is 0 Å². The fourth-order valence-corrected chi connectivity index (χ4v) is 3.53. The van der Waals surface area contributed by atoms with E-state index in [-0.39, 0.29) is 0 Å². The lowest BCUT2D eigenvalue weighted by Gasteiger charge is -2.23. The summed E-state index contributed by atoms with van der Waals surface area (Å²) in [7, 11) is 1.77. The maximum absolute atomic E-state index is 5.32. The van der Waals surface area contributed by atoms with Gasteiger partial charge in [-0.2, -0.15) is 5.10 Å². The summed E-state index contributed by atoms with van der Waals surface area (Å²) in [4.78, 5) is 1.26. The van der Waals surface area contributed by atoms with Crippen LogP contribution in [0.1, 0.15) is 17.7 Å². The van der Waals surface area contributed by atoms with Gasteiger partial charge < -0.3 is 4.74 Å². The van der Waals surface area contributed by atoms with Crippen molar-refractivity contribution in [1.29, 1.82) is 0 Å². The van der Waals surface area contributed by atoms with Crippen molar-refractivity contribution in [3.8, 4) is 0 Å². The third-order valence-electron chi connectivity index (χ3n) is 3.78. The number of rotatable bonds is 5. The monoisotopic (exact) mass is 288 g/mol. The summed E-state index contributed by atoms with van der Waals surface area (Å²) in [6.45, 7) is 1.79. The highest BCUT2D eigenvalue weighted by Gasteiger charge is 2.25. The molecule has 0 spiro atoms. The Bertz CT molecular complexity index is 507. The van der Waals surface area contributed by atoms with Crippen molar-refractivity contribution >= 4 is 17.0 Å². The van der Waals surface area contributed by atoms with Crippen LogP contribution in [-0.2, 0) is 4.74 Å². The van der Waals surface area contributed by atoms with E-state index in [1.165, 1.54) is 17.7 Å². The largest absolute Gasteiger partial charge is 0.382 e. The van der Waals surface area contributed by atoms with Gasteiger partial charge in [-0.1, -0.05) is 30.4 Å². The molecule has 1 aromatic rings. The molecule has 3 rings (SSSR count). The topological polar surface area (TPSA) is 24.8 Å². The van der Waals surface area contributed by atoms with Crippen molar-refractivity contribution in [1.82, 2.24) is 5.01 Å². The van der Waals surface area contributed by atoms with Gasteiger partial charge in [-0.25, -0.2) is 0 Å². The molecule has 3 nitrogen and oxygen atoms in total. The van der Waals surface area contributed by atoms with Crippen LogP contribution in [0, 0.1) is 5.92 Å². The number of thiophene rings is 1. The average molecular weight is 288 g/mol. The third kappa shape index (κ3) is 2.86. The molecular formula is C16H20N2OS. The molecule has 20 heavy (non-hydrogen) atoms. The maximum atomic E-state index is 5.32. The Morgan fingerprint density at radius 3 is 3.00 bits per heavy atom. The zero-order chi connectivity index (χ0) is 13.8. The van der Waals surface area contributed by atoms with E-state index in [2.05, 4.69) is 46.8 Å². The van der Waals surface area contributed by atoms with Gasteiger partial charge in [0.1, 0.15) is 0 Å². The lowest BCUT2D eigenvalue weighted by atomic mass is 10.0. The molecule has 1 aliphatic heterocycles. The van der Waals surface area contributed by atoms with Crippen molar-refractivity contribution in [2.45, 2.75) is 18.9 Å². The van der Waals surface area contributed by atoms with Crippen LogP contribution in [0.2, 0.25) is 0 Å². The zero-order valence-corrected chi connectivity index (χ0v) is 12.6. The van der Waals surface area contributed by atoms with Gasteiger partial charge in [-0.3, -0.25) is 5.01 Å². The van der Waals surface area contributed by atoms with E-state index in [1.807, 2.05) is 0 Å². The van der Waals surface area contributed by atoms with Crippen molar-refractivity contribution in [3.63, 3.8) is 0 Å². The van der Waals surface area contributed by atoms with Crippen LogP contribution in [0.5, 0.6) is 0 Å². The minimum absolute atomic E-state index is 0.303. The number of ether oxygens (including phenoxy) is 1. The second-order valence-corrected chi connectivity index (χ2v) is 6.12. The first-order valence-electron chi connectivity index (χ1n) is 7.11. The first kappa shape index (κ1) is 13.6. The molecule has 1 aromatic heterocycles. The number of allylic oxidation sites excluding steroid dienone is 4. The highest BCUT2D eigenvalue weighted by molar-refractivity contribution is 7.12. The van der Waals surface area contributed by atoms with E-state index in [4.69, 9.17) is 9.84 Å². The van der Waals surface area contributed by atoms with E-state index < -0.39 is 0 Å². The van der Waals surface area contributed by atoms with Crippen LogP contribution in [-0.4, -0.2) is 37.0 Å². The van der Waals surface area contributed by atoms with Crippen LogP contribution >= 0.6 is 11.3 Å². The number of methoxy groups -OCH3 is 1. The summed E-state index contributed by atoms with van der Waals surface area (Å²) in [5.41, 5.74) is 1.16. The van der Waals surface area contributed by atoms with Gasteiger partial charge in [0.05, 0.1) is 23.2 Å². The minimum Gasteiger partial charge on any atom is -0.382 e. The Kier molecular flexibility index (Phi) is 4.33. The van der Waals surface area contributed by atoms with Gasteiger partial charge in [0.15, 0.2) is 0 Å². The van der Waals surface area contributed by atoms with Gasteiger partial charge in [0.2, 0.25) is 0 Å². The van der Waals surface area contributed by atoms with Crippen LogP contribution in [0.4, 0.5) is 0 Å². The van der Waals surface area contributed by atoms with Gasteiger partial charge >= 0.3 is 0 Å². The molecule has 2 heterocycles. The smallest absolute Gasteiger partial charge is 0.0883 e. The standard InChI is InChI=1S/C16H20N2OS/c1-19-12-14-8-4-10-18(14)17-16(13-6-2-3-7-13)15-9-5-11-20-15/h2-3,5-7,9,11,13-14H,4,8,10,12H2,1H3/b17-16-/t14-/m0/s1. The van der Waals surface area contributed by atoms with Gasteiger partial charge in [-0.05, 0) is 24.3 Å². The first-order chi connectivity index (χ1) is 9.88. The summed E-state index contributed by atoms with van der Waals surface area (Å²) >= 11 is 1.76. The Morgan fingerprint density at radius 2 is 2.30 bits per heavy atom. The van der Waals surface area contributed by atoms with Crippen molar-refractivity contribution in [2.24, 2.45) is 11.0 Å². The molecular weight excluding hydrogens is 268 g/mol. The van der Waals surface area contributed by atoms with Crippen molar-refractivity contribution in [2.75, 3.05) is 20.3 Å². The quantitative estimate of drug-likeness (QED) is 0.777. The highest BCUT2D eigenvalue weighted by Crippen LogP contribution is 2.24. The zero-order valence-electron chi connectivity index (χ0n) is 11.7. The normalized spacial score (nSPS) is 23.1. The molecule has 1 atom stereocenters. The molecule has 1 fully saturated rings. The molecule has 0 N–H and O–H groups in total. The van der Waals surface area contributed by atoms with E-state index in [0.717, 1.165) is 18.9 Å². The fourth-order valence-electron chi connectivity index (χ4n) is 2.77. The predicted molar refractivity (Wildman–Crippen MR) is 84.2 cm³/mol. The van der Waals surface area contributed by atoms with Crippen LogP contribution < -0.4 is 0 Å². The highest BCUT2D eigenvalue weighted by atomic mass is 32.1. The van der Waals surface area contributed by atoms with Crippen molar-refractivity contribution < 1.29 is 4.74 Å². The molecule has 0 unspecified atom stereocenters. The molecule has 4 heteroatoms. The average Bonchev–Trinajstić information content (AvgIpc) is 3.20. The number of hydrazone groups is 1. The van der Waals surface area contributed by atoms with Crippen LogP contribution in [0.25, 0.3) is 0 Å². The second kappa shape index (κ2) is 6.37. The summed E-state index contributed by atoms with van der Waals surface area (Å²) in [6.07, 6.45) is 11.0. The minimum atomic E-state index is 0.303. The molecule has 1 saturated heterocycles. The molecule has 0 aromatic carbocycles. The lowest BCUT2D eigenvalue weighted by molar-refractivity contribution is 0.118. The summed E-state index contributed by atoms with van der Waals surface area (Å²) in [5.74, 6) is 0.303. The molecule has 1 aliphatic carbocycles. The van der Waals surface area contributed by atoms with E-state index in [1.54, 1.807) is 18.4 Å². The Labute approximate surface area is 124 Å². The number of hydrogen-bond donors (Lipinski definition) is 0. The first-order valence-corrected chi connectivity index (χ1v) is 7.99. The van der Waals surface area contributed by atoms with E-state index in [0.29, 0.717) is 12.0 Å². The lowest BCUT2D eigenvalue weighted by Crippen LogP contribution is -2.30. The number of hydrogen-bond acceptors (Lipinski definition) is 4. The molecule has 0 amide bonds. The van der Waals surface area contributed by atoms with Gasteiger partial charge in [-0.15, -0.1) is 11.3 Å². The Hall–Kier alpha value is -1.39. The Balaban J connectivity index is 1.86. The summed E-state index contributed by atoms with van der Waals surface area (Å²) in [6, 6.07) is 4.67. The summed E-state index contributed by atoms with van der Waals surface area (Å²) < 4.78 is 5.32. The number of nitrogens with zero attached hydrogens (tertiary/aromatic N) is 2. The molecule has 2 aliphatic rings. The predicted octanol–water partition coefficient (Wildman–Crippen LogP) is 3.31. The molecule has 0 radical (unpaired) electrons. The van der Waals surface area contributed by atoms with Gasteiger partial charge in [0, 0.05) is 19.6 Å². The fraction of sp³-hybridized carbons (Fsp3) is 0.438. The SMILES string of the molecule is COC[C@@H]1CCCN1/N=C(\c1cccs1)C1C=CC=C1. The molecule has 0 saturated carbocycles. The van der Waals surface area contributed by atoms with E-state index in [9.17, 15) is 0 Å². The Morgan fingerprint density at radius 1 is 1.45 bits per heavy atom. The summed E-state index contributed by atoms with van der Waals surface area (Å²) in [5, 5.41) is 9.31. The second-order valence-electron chi connectivity index (χ2n) is 5.17. The molecule has 106 valence electrons. The molecule has 0 bridgehead atoms. The van der Waals surface area contributed by atoms with Crippen molar-refractivity contribution in [3.05, 3.63) is 46.7 Å². The van der Waals surface area contributed by atoms with Gasteiger partial charge in [0.25, 0.3) is 0 Å².